The van der Waals surface area contributed by atoms with Crippen molar-refractivity contribution in [3.05, 3.63) is 57.7 Å². The van der Waals surface area contributed by atoms with Crippen molar-refractivity contribution in [2.45, 2.75) is 25.8 Å². The average Bonchev–Trinajstić information content (AvgIpc) is 3.48. The molecule has 30 heavy (non-hydrogen) atoms. The number of pyridine rings is 1. The van der Waals surface area contributed by atoms with E-state index in [1.54, 1.807) is 6.20 Å². The summed E-state index contributed by atoms with van der Waals surface area (Å²) in [6.07, 6.45) is 3.73. The quantitative estimate of drug-likeness (QED) is 0.301. The molecule has 0 aliphatic carbocycles. The highest BCUT2D eigenvalue weighted by Gasteiger charge is 2.32. The fraction of sp³-hybridized carbons (Fsp3) is 0.250. The van der Waals surface area contributed by atoms with Gasteiger partial charge in [-0.2, -0.15) is 10.1 Å². The van der Waals surface area contributed by atoms with Crippen LogP contribution in [0.3, 0.4) is 0 Å². The molecule has 9 nitrogen and oxygen atoms in total. The maximum absolute atomic E-state index is 5.69. The number of H-pyrrole nitrogens is 1. The van der Waals surface area contributed by atoms with Crippen LogP contribution in [0.1, 0.15) is 30.3 Å². The molecule has 0 radical (unpaired) electrons. The number of aryl methyl sites for hydroxylation is 1. The molecule has 1 atom stereocenters. The molecule has 0 spiro atoms. The smallest absolute Gasteiger partial charge is 0.228 e. The number of hydrogen-bond donors (Lipinski definition) is 2. The van der Waals surface area contributed by atoms with Gasteiger partial charge < -0.3 is 14.7 Å². The Kier molecular flexibility index (Phi) is 5.07. The van der Waals surface area contributed by atoms with Crippen LogP contribution in [-0.2, 0) is 0 Å². The van der Waals surface area contributed by atoms with E-state index in [0.29, 0.717) is 11.8 Å². The van der Waals surface area contributed by atoms with Gasteiger partial charge in [0.25, 0.3) is 0 Å². The third-order valence-corrected chi connectivity index (χ3v) is 5.49. The first-order chi connectivity index (χ1) is 14.7. The Bertz CT molecular complexity index is 1160. The van der Waals surface area contributed by atoms with Gasteiger partial charge in [-0.15, -0.1) is 0 Å². The van der Waals surface area contributed by atoms with E-state index in [2.05, 4.69) is 58.1 Å². The van der Waals surface area contributed by atoms with Gasteiger partial charge in [0.15, 0.2) is 11.6 Å². The minimum Gasteiger partial charge on any atom is -0.358 e. The fourth-order valence-corrected chi connectivity index (χ4v) is 4.11. The van der Waals surface area contributed by atoms with Crippen molar-refractivity contribution in [3.63, 3.8) is 0 Å². The number of anilines is 3. The van der Waals surface area contributed by atoms with Gasteiger partial charge in [-0.25, -0.2) is 4.98 Å². The summed E-state index contributed by atoms with van der Waals surface area (Å²) in [5.41, 5.74) is 2.51. The molecule has 1 aliphatic rings. The van der Waals surface area contributed by atoms with Crippen LogP contribution in [0.2, 0.25) is 0 Å². The second kappa shape index (κ2) is 8.01. The molecule has 152 valence electrons. The molecule has 5 rings (SSSR count). The SMILES string of the molecule is Cc1cc(Nc2cc(I)nc(N3CCCC3c3cc(-c4ccccn4)no3)n2)n[nH]1. The Morgan fingerprint density at radius 2 is 2.10 bits per heavy atom. The summed E-state index contributed by atoms with van der Waals surface area (Å²) in [4.78, 5) is 15.9. The van der Waals surface area contributed by atoms with Crippen LogP contribution in [0.15, 0.2) is 47.1 Å². The van der Waals surface area contributed by atoms with Crippen molar-refractivity contribution >= 4 is 40.2 Å². The normalized spacial score (nSPS) is 16.2. The maximum Gasteiger partial charge on any atom is 0.228 e. The van der Waals surface area contributed by atoms with E-state index in [4.69, 9.17) is 9.51 Å². The van der Waals surface area contributed by atoms with Gasteiger partial charge in [0.2, 0.25) is 5.95 Å². The lowest BCUT2D eigenvalue weighted by molar-refractivity contribution is 0.362. The van der Waals surface area contributed by atoms with Crippen molar-refractivity contribution in [1.82, 2.24) is 30.3 Å². The number of nitrogens with one attached hydrogen (secondary N) is 2. The van der Waals surface area contributed by atoms with Crippen LogP contribution in [0, 0.1) is 10.6 Å². The topological polar surface area (TPSA) is 109 Å². The van der Waals surface area contributed by atoms with Gasteiger partial charge in [-0.1, -0.05) is 11.2 Å². The van der Waals surface area contributed by atoms with Crippen molar-refractivity contribution in [1.29, 1.82) is 0 Å². The van der Waals surface area contributed by atoms with E-state index in [1.165, 1.54) is 0 Å². The van der Waals surface area contributed by atoms with Crippen molar-refractivity contribution < 1.29 is 4.52 Å². The lowest BCUT2D eigenvalue weighted by Crippen LogP contribution is -2.25. The Hall–Kier alpha value is -3.02. The molecule has 2 N–H and O–H groups in total. The summed E-state index contributed by atoms with van der Waals surface area (Å²) >= 11 is 2.21. The minimum atomic E-state index is 0.0358. The molecule has 0 saturated carbocycles. The Morgan fingerprint density at radius 3 is 2.90 bits per heavy atom. The highest BCUT2D eigenvalue weighted by molar-refractivity contribution is 14.1. The zero-order valence-electron chi connectivity index (χ0n) is 16.2. The lowest BCUT2D eigenvalue weighted by Gasteiger charge is -2.23. The first kappa shape index (κ1) is 19.0. The Labute approximate surface area is 186 Å². The van der Waals surface area contributed by atoms with Gasteiger partial charge >= 0.3 is 0 Å². The third-order valence-electron chi connectivity index (χ3n) is 4.94. The van der Waals surface area contributed by atoms with Crippen molar-refractivity contribution in [2.75, 3.05) is 16.8 Å². The van der Waals surface area contributed by atoms with Crippen LogP contribution in [0.4, 0.5) is 17.6 Å². The second-order valence-electron chi connectivity index (χ2n) is 7.12. The number of halogens is 1. The molecule has 1 aliphatic heterocycles. The standard InChI is InChI=1S/C20H19IN8O/c1-12-9-19(27-26-12)24-18-11-17(21)23-20(25-18)29-8-4-6-15(29)16-10-14(28-30-16)13-5-2-3-7-22-13/h2-3,5,7,9-11,15H,4,6,8H2,1H3,(H2,23,24,25,26,27). The Balaban J connectivity index is 1.42. The van der Waals surface area contributed by atoms with E-state index in [1.807, 2.05) is 43.3 Å². The summed E-state index contributed by atoms with van der Waals surface area (Å²) in [5.74, 6) is 2.89. The van der Waals surface area contributed by atoms with Crippen LogP contribution in [-0.4, -0.2) is 36.9 Å². The second-order valence-corrected chi connectivity index (χ2v) is 8.22. The molecular weight excluding hydrogens is 495 g/mol. The highest BCUT2D eigenvalue weighted by atomic mass is 127. The molecule has 5 heterocycles. The van der Waals surface area contributed by atoms with Gasteiger partial charge in [-0.3, -0.25) is 10.1 Å². The summed E-state index contributed by atoms with van der Waals surface area (Å²) in [6, 6.07) is 11.6. The number of rotatable bonds is 5. The van der Waals surface area contributed by atoms with Crippen LogP contribution >= 0.6 is 22.6 Å². The molecule has 1 unspecified atom stereocenters. The molecule has 10 heteroatoms. The Morgan fingerprint density at radius 1 is 1.17 bits per heavy atom. The predicted molar refractivity (Wildman–Crippen MR) is 120 cm³/mol. The van der Waals surface area contributed by atoms with Crippen LogP contribution in [0.5, 0.6) is 0 Å². The third kappa shape index (κ3) is 3.86. The molecule has 1 fully saturated rings. The molecule has 0 bridgehead atoms. The molecular formula is C20H19IN8O. The van der Waals surface area contributed by atoms with Gasteiger partial charge in [0, 0.05) is 36.6 Å². The highest BCUT2D eigenvalue weighted by Crippen LogP contribution is 2.36. The summed E-state index contributed by atoms with van der Waals surface area (Å²) in [6.45, 7) is 2.81. The predicted octanol–water partition coefficient (Wildman–Crippen LogP) is 4.25. The van der Waals surface area contributed by atoms with Gasteiger partial charge in [0.1, 0.15) is 15.2 Å². The van der Waals surface area contributed by atoms with Gasteiger partial charge in [0.05, 0.1) is 11.7 Å². The summed E-state index contributed by atoms with van der Waals surface area (Å²) in [5, 5.41) is 14.6. The van der Waals surface area contributed by atoms with Crippen LogP contribution < -0.4 is 10.2 Å². The van der Waals surface area contributed by atoms with E-state index in [9.17, 15) is 0 Å². The molecule has 4 aromatic heterocycles. The monoisotopic (exact) mass is 514 g/mol. The van der Waals surface area contributed by atoms with Crippen molar-refractivity contribution in [2.24, 2.45) is 0 Å². The van der Waals surface area contributed by atoms with E-state index < -0.39 is 0 Å². The molecule has 1 saturated heterocycles. The molecule has 4 aromatic rings. The number of aromatic amines is 1. The zero-order chi connectivity index (χ0) is 20.5. The lowest BCUT2D eigenvalue weighted by atomic mass is 10.1. The first-order valence-electron chi connectivity index (χ1n) is 9.64. The molecule has 0 amide bonds. The minimum absolute atomic E-state index is 0.0358. The van der Waals surface area contributed by atoms with Crippen molar-refractivity contribution in [3.8, 4) is 11.4 Å². The molecule has 0 aromatic carbocycles. The zero-order valence-corrected chi connectivity index (χ0v) is 18.4. The van der Waals surface area contributed by atoms with E-state index in [0.717, 1.165) is 51.7 Å². The van der Waals surface area contributed by atoms with Gasteiger partial charge in [-0.05, 0) is 54.5 Å². The maximum atomic E-state index is 5.69. The number of nitrogens with zero attached hydrogens (tertiary/aromatic N) is 6. The average molecular weight is 514 g/mol. The first-order valence-corrected chi connectivity index (χ1v) is 10.7. The fourth-order valence-electron chi connectivity index (χ4n) is 3.59. The number of hydrogen-bond acceptors (Lipinski definition) is 8. The summed E-state index contributed by atoms with van der Waals surface area (Å²) < 4.78 is 6.55. The van der Waals surface area contributed by atoms with E-state index in [-0.39, 0.29) is 6.04 Å². The largest absolute Gasteiger partial charge is 0.358 e. The van der Waals surface area contributed by atoms with E-state index >= 15 is 0 Å². The summed E-state index contributed by atoms with van der Waals surface area (Å²) in [7, 11) is 0. The van der Waals surface area contributed by atoms with Crippen LogP contribution in [0.25, 0.3) is 11.4 Å². The number of aromatic nitrogens is 6.